The number of anilines is 2. The van der Waals surface area contributed by atoms with Crippen LogP contribution in [0, 0.1) is 0 Å². The van der Waals surface area contributed by atoms with Crippen LogP contribution in [0.3, 0.4) is 0 Å². The molecular weight excluding hydrogens is 699 g/mol. The van der Waals surface area contributed by atoms with Gasteiger partial charge in [0.15, 0.2) is 5.75 Å². The number of rotatable bonds is 12. The lowest BCUT2D eigenvalue weighted by Gasteiger charge is -2.09. The third kappa shape index (κ3) is 9.36. The molecule has 4 aromatic rings. The van der Waals surface area contributed by atoms with Gasteiger partial charge in [-0.25, -0.2) is 10.1 Å². The zero-order chi connectivity index (χ0) is 35.1. The average Bonchev–Trinajstić information content (AvgIpc) is 3.03. The number of carboxylic acid groups (broad SMARTS) is 1. The smallest absolute Gasteiger partial charge is 0.337 e. The maximum absolute atomic E-state index is 11.9. The Labute approximate surface area is 274 Å². The van der Waals surface area contributed by atoms with Crippen LogP contribution in [0.2, 0.25) is 0 Å². The Morgan fingerprint density at radius 1 is 0.854 bits per heavy atom. The molecule has 19 nitrogen and oxygen atoms in total. The van der Waals surface area contributed by atoms with Crippen molar-refractivity contribution in [3.8, 4) is 5.75 Å². The van der Waals surface area contributed by atoms with Gasteiger partial charge in [-0.1, -0.05) is 17.2 Å². The van der Waals surface area contributed by atoms with Crippen LogP contribution in [0.5, 0.6) is 5.75 Å². The van der Waals surface area contributed by atoms with Crippen LogP contribution >= 0.6 is 12.0 Å². The number of hydrazone groups is 1. The molecule has 8 N–H and O–H groups in total. The number of carboxylic acids is 1. The minimum Gasteiger partial charge on any atom is -0.504 e. The zero-order valence-electron chi connectivity index (χ0n) is 23.6. The van der Waals surface area contributed by atoms with Crippen molar-refractivity contribution in [2.45, 2.75) is 14.7 Å². The van der Waals surface area contributed by atoms with Crippen molar-refractivity contribution in [1.82, 2.24) is 0 Å². The second-order valence-electron chi connectivity index (χ2n) is 9.07. The van der Waals surface area contributed by atoms with E-state index >= 15 is 0 Å². The molecule has 48 heavy (non-hydrogen) atoms. The minimum absolute atomic E-state index is 0.125. The van der Waals surface area contributed by atoms with E-state index in [9.17, 15) is 40.9 Å². The monoisotopic (exact) mass is 719 g/mol. The molecule has 0 unspecified atom stereocenters. The van der Waals surface area contributed by atoms with E-state index in [0.29, 0.717) is 35.6 Å². The first-order chi connectivity index (χ1) is 22.7. The molecule has 0 radical (unpaired) electrons. The number of hydrogen-bond donors (Lipinski definition) is 7. The molecule has 0 fully saturated rings. The number of benzene rings is 4. The van der Waals surface area contributed by atoms with Crippen LogP contribution in [0.25, 0.3) is 0 Å². The van der Waals surface area contributed by atoms with Gasteiger partial charge in [0.2, 0.25) is 5.84 Å². The number of carbonyl (C=O) groups is 1. The van der Waals surface area contributed by atoms with E-state index in [-0.39, 0.29) is 33.2 Å². The summed E-state index contributed by atoms with van der Waals surface area (Å²) in [4.78, 5) is 9.74. The Bertz CT molecular complexity index is 2160. The summed E-state index contributed by atoms with van der Waals surface area (Å²) in [5.41, 5.74) is 8.27. The Morgan fingerprint density at radius 2 is 1.56 bits per heavy atom. The van der Waals surface area contributed by atoms with E-state index in [2.05, 4.69) is 40.4 Å². The van der Waals surface area contributed by atoms with E-state index in [1.807, 2.05) is 0 Å². The normalized spacial score (nSPS) is 12.5. The van der Waals surface area contributed by atoms with Crippen LogP contribution in [-0.2, 0) is 29.6 Å². The van der Waals surface area contributed by atoms with Crippen molar-refractivity contribution in [2.24, 2.45) is 25.6 Å². The molecule has 0 atom stereocenters. The lowest BCUT2D eigenvalue weighted by molar-refractivity contribution is -0.432. The van der Waals surface area contributed by atoms with Crippen LogP contribution in [0.4, 0.5) is 28.4 Å². The molecule has 0 saturated carbocycles. The number of nitrogens with two attached hydrogens (primary N) is 1. The van der Waals surface area contributed by atoms with Crippen LogP contribution in [-0.4, -0.2) is 53.2 Å². The highest BCUT2D eigenvalue weighted by Gasteiger charge is 2.24. The topological polar surface area (TPSA) is 305 Å². The molecular formula is C26H21N7O12S3. The highest BCUT2D eigenvalue weighted by Crippen LogP contribution is 2.37. The minimum atomic E-state index is -5.23. The number of aromatic hydroxyl groups is 1. The van der Waals surface area contributed by atoms with Gasteiger partial charge in [-0.2, -0.15) is 32.2 Å². The fraction of sp³-hybridized carbons (Fsp3) is 0. The first-order valence-electron chi connectivity index (χ1n) is 12.6. The van der Waals surface area contributed by atoms with Gasteiger partial charge in [0, 0.05) is 16.1 Å². The number of amidine groups is 1. The van der Waals surface area contributed by atoms with Gasteiger partial charge >= 0.3 is 5.97 Å². The number of phenolic OH excluding ortho intramolecular Hbond substituents is 1. The van der Waals surface area contributed by atoms with Crippen molar-refractivity contribution in [3.05, 3.63) is 90.0 Å². The predicted molar refractivity (Wildman–Crippen MR) is 168 cm³/mol. The molecule has 0 aliphatic heterocycles. The second-order valence-corrected chi connectivity index (χ2v) is 12.7. The van der Waals surface area contributed by atoms with Gasteiger partial charge in [-0.15, -0.1) is 14.6 Å². The summed E-state index contributed by atoms with van der Waals surface area (Å²) in [7, 11) is -10.3. The molecule has 0 spiro atoms. The zero-order valence-corrected chi connectivity index (χ0v) is 26.1. The molecule has 0 saturated heterocycles. The van der Waals surface area contributed by atoms with E-state index < -0.39 is 47.4 Å². The highest BCUT2D eigenvalue weighted by molar-refractivity contribution is 7.94. The van der Waals surface area contributed by atoms with Crippen molar-refractivity contribution in [3.63, 3.8) is 0 Å². The lowest BCUT2D eigenvalue weighted by Crippen LogP contribution is -2.06. The van der Waals surface area contributed by atoms with Crippen LogP contribution in [0.1, 0.15) is 15.9 Å². The Morgan fingerprint density at radius 3 is 2.21 bits per heavy atom. The maximum atomic E-state index is 11.9. The van der Waals surface area contributed by atoms with Gasteiger partial charge in [0.1, 0.15) is 10.6 Å². The third-order valence-corrected chi connectivity index (χ3v) is 8.07. The van der Waals surface area contributed by atoms with Gasteiger partial charge < -0.3 is 15.9 Å². The van der Waals surface area contributed by atoms with Crippen molar-refractivity contribution in [1.29, 1.82) is 0 Å². The fourth-order valence-corrected chi connectivity index (χ4v) is 5.25. The van der Waals surface area contributed by atoms with E-state index in [0.717, 1.165) is 0 Å². The molecule has 0 bridgehead atoms. The lowest BCUT2D eigenvalue weighted by atomic mass is 10.2. The number of nitrogens with zero attached hydrogens (tertiary/aromatic N) is 5. The first kappa shape index (κ1) is 35.5. The summed E-state index contributed by atoms with van der Waals surface area (Å²) in [6.07, 6.45) is 0. The summed E-state index contributed by atoms with van der Waals surface area (Å²) in [6.45, 7) is 0. The van der Waals surface area contributed by atoms with Gasteiger partial charge in [-0.05, 0) is 66.7 Å². The quantitative estimate of drug-likeness (QED) is 0.0138. The van der Waals surface area contributed by atoms with Gasteiger partial charge in [-0.3, -0.25) is 14.5 Å². The van der Waals surface area contributed by atoms with Crippen LogP contribution < -0.4 is 11.2 Å². The Hall–Kier alpha value is -5.33. The molecule has 4 aromatic carbocycles. The summed E-state index contributed by atoms with van der Waals surface area (Å²) in [6, 6.07) is 17.0. The number of aromatic carboxylic acids is 1. The summed E-state index contributed by atoms with van der Waals surface area (Å²) in [5, 5.41) is 52.0. The van der Waals surface area contributed by atoms with E-state index in [4.69, 9.17) is 11.0 Å². The fourth-order valence-electron chi connectivity index (χ4n) is 3.62. The molecule has 22 heteroatoms. The number of azo groups is 2. The standard InChI is InChI=1S/C26H21N7O12S3/c27-15-4-6-16(7-5-15)28-29-17-3-1-2-14(10-17)25(32-30-21-11-18(46-45-44-37)8-9-20(21)26(35)36)33-31-22-12-19(47(38,39)40)13-23(24(22)34)48(41,42)43/h1-13,30,34,37H,27H2,(H,35,36)(H,38,39,40)(H,41,42,43). The Balaban J connectivity index is 1.84. The third-order valence-electron chi connectivity index (χ3n) is 5.80. The molecule has 4 rings (SSSR count). The molecule has 0 heterocycles. The highest BCUT2D eigenvalue weighted by atomic mass is 32.2. The molecule has 250 valence electrons. The number of phenols is 1. The van der Waals surface area contributed by atoms with Crippen LogP contribution in [0.15, 0.2) is 119 Å². The molecule has 0 aromatic heterocycles. The second kappa shape index (κ2) is 15.1. The van der Waals surface area contributed by atoms with E-state index in [1.54, 1.807) is 30.3 Å². The summed E-state index contributed by atoms with van der Waals surface area (Å²) >= 11 is 0.515. The molecule has 0 aliphatic carbocycles. The van der Waals surface area contributed by atoms with E-state index in [1.165, 1.54) is 36.4 Å². The predicted octanol–water partition coefficient (Wildman–Crippen LogP) is 5.57. The van der Waals surface area contributed by atoms with Crippen molar-refractivity contribution in [2.75, 3.05) is 11.2 Å². The largest absolute Gasteiger partial charge is 0.504 e. The molecule has 0 aliphatic rings. The SMILES string of the molecule is Nc1ccc(N=Nc2cccc(C(N=Nc3cc(S(=O)(=O)O)cc(S(=O)(=O)O)c3O)=NNc3cc(SOOO)ccc3C(=O)O)c2)cc1. The Kier molecular flexibility index (Phi) is 11.1. The number of nitrogens with one attached hydrogen (secondary N) is 1. The van der Waals surface area contributed by atoms with Crippen molar-refractivity contribution < 1.29 is 55.6 Å². The summed E-state index contributed by atoms with van der Waals surface area (Å²) in [5.74, 6) is -2.98. The van der Waals surface area contributed by atoms with Gasteiger partial charge in [0.05, 0.1) is 39.6 Å². The number of nitrogen functional groups attached to an aromatic ring is 1. The average molecular weight is 720 g/mol. The van der Waals surface area contributed by atoms with Crippen molar-refractivity contribution >= 4 is 72.5 Å². The number of hydrogen-bond acceptors (Lipinski definition) is 16. The maximum Gasteiger partial charge on any atom is 0.337 e. The van der Waals surface area contributed by atoms with Gasteiger partial charge in [0.25, 0.3) is 20.2 Å². The summed E-state index contributed by atoms with van der Waals surface area (Å²) < 4.78 is 70.5. The first-order valence-corrected chi connectivity index (χ1v) is 16.2. The molecule has 0 amide bonds.